The van der Waals surface area contributed by atoms with Gasteiger partial charge >= 0.3 is 0 Å². The minimum atomic E-state index is -0.350. The molecular weight excluding hydrogens is 352 g/mol. The van der Waals surface area contributed by atoms with Crippen LogP contribution in [0.1, 0.15) is 75.7 Å². The van der Waals surface area contributed by atoms with Crippen LogP contribution in [0, 0.1) is 6.92 Å². The summed E-state index contributed by atoms with van der Waals surface area (Å²) in [5, 5.41) is 2.93. The van der Waals surface area contributed by atoms with E-state index >= 15 is 0 Å². The molecule has 0 spiro atoms. The highest BCUT2D eigenvalue weighted by Crippen LogP contribution is 2.31. The van der Waals surface area contributed by atoms with Gasteiger partial charge < -0.3 is 5.32 Å². The third kappa shape index (κ3) is 3.98. The first kappa shape index (κ1) is 19.8. The average Bonchev–Trinajstić information content (AvgIpc) is 2.96. The fraction of sp³-hybridized carbons (Fsp3) is 0.348. The standard InChI is InChI=1S/C23H26N2O3/c1-3-4-5-6-9-14-24-21(26)17-13-12-16(2)20(15-17)25-22(27)18-10-7-8-11-19(18)23(25)28/h7-8,10-13,15H,3-6,9,14H2,1-2H3,(H,24,26). The number of benzene rings is 2. The predicted octanol–water partition coefficient (Wildman–Crippen LogP) is 4.50. The second-order valence-corrected chi connectivity index (χ2v) is 7.16. The van der Waals surface area contributed by atoms with E-state index in [1.54, 1.807) is 42.5 Å². The zero-order valence-electron chi connectivity index (χ0n) is 16.5. The van der Waals surface area contributed by atoms with Crippen LogP contribution in [0.25, 0.3) is 0 Å². The SMILES string of the molecule is CCCCCCCNC(=O)c1ccc(C)c(N2C(=O)c3ccccc3C2=O)c1. The number of aryl methyl sites for hydroxylation is 1. The van der Waals surface area contributed by atoms with Crippen molar-refractivity contribution in [2.75, 3.05) is 11.4 Å². The van der Waals surface area contributed by atoms with E-state index in [1.165, 1.54) is 24.2 Å². The highest BCUT2D eigenvalue weighted by atomic mass is 16.2. The van der Waals surface area contributed by atoms with Gasteiger partial charge in [-0.2, -0.15) is 0 Å². The van der Waals surface area contributed by atoms with Crippen molar-refractivity contribution in [1.29, 1.82) is 0 Å². The molecule has 3 amide bonds. The number of nitrogens with one attached hydrogen (secondary N) is 1. The molecule has 1 N–H and O–H groups in total. The summed E-state index contributed by atoms with van der Waals surface area (Å²) < 4.78 is 0. The fourth-order valence-electron chi connectivity index (χ4n) is 3.43. The highest BCUT2D eigenvalue weighted by Gasteiger charge is 2.37. The van der Waals surface area contributed by atoms with Crippen molar-refractivity contribution in [1.82, 2.24) is 5.32 Å². The molecule has 0 aliphatic carbocycles. The van der Waals surface area contributed by atoms with Crippen molar-refractivity contribution in [2.24, 2.45) is 0 Å². The van der Waals surface area contributed by atoms with Crippen LogP contribution in [0.15, 0.2) is 42.5 Å². The van der Waals surface area contributed by atoms with E-state index < -0.39 is 0 Å². The molecule has 0 saturated heterocycles. The molecule has 1 aliphatic rings. The van der Waals surface area contributed by atoms with Crippen molar-refractivity contribution in [3.8, 4) is 0 Å². The van der Waals surface area contributed by atoms with Crippen LogP contribution >= 0.6 is 0 Å². The fourth-order valence-corrected chi connectivity index (χ4v) is 3.43. The molecule has 146 valence electrons. The van der Waals surface area contributed by atoms with Crippen LogP contribution in [-0.4, -0.2) is 24.3 Å². The summed E-state index contributed by atoms with van der Waals surface area (Å²) in [6.07, 6.45) is 5.64. The van der Waals surface area contributed by atoms with Gasteiger partial charge in [-0.25, -0.2) is 4.90 Å². The van der Waals surface area contributed by atoms with Gasteiger partial charge in [0.05, 0.1) is 16.8 Å². The van der Waals surface area contributed by atoms with Crippen molar-refractivity contribution < 1.29 is 14.4 Å². The topological polar surface area (TPSA) is 66.5 Å². The smallest absolute Gasteiger partial charge is 0.266 e. The van der Waals surface area contributed by atoms with Crippen LogP contribution in [0.2, 0.25) is 0 Å². The predicted molar refractivity (Wildman–Crippen MR) is 110 cm³/mol. The Morgan fingerprint density at radius 2 is 1.57 bits per heavy atom. The van der Waals surface area contributed by atoms with E-state index in [4.69, 9.17) is 0 Å². The third-order valence-corrected chi connectivity index (χ3v) is 5.07. The molecule has 0 unspecified atom stereocenters. The number of unbranched alkanes of at least 4 members (excludes halogenated alkanes) is 4. The van der Waals surface area contributed by atoms with Crippen LogP contribution < -0.4 is 10.2 Å². The molecule has 0 saturated carbocycles. The zero-order valence-corrected chi connectivity index (χ0v) is 16.5. The molecule has 3 rings (SSSR count). The number of nitrogens with zero attached hydrogens (tertiary/aromatic N) is 1. The number of imide groups is 1. The molecule has 0 aromatic heterocycles. The molecule has 0 radical (unpaired) electrons. The number of anilines is 1. The van der Waals surface area contributed by atoms with Gasteiger partial charge in [0, 0.05) is 12.1 Å². The number of carbonyl (C=O) groups excluding carboxylic acids is 3. The summed E-state index contributed by atoms with van der Waals surface area (Å²) in [6, 6.07) is 11.9. The van der Waals surface area contributed by atoms with Crippen molar-refractivity contribution >= 4 is 23.4 Å². The van der Waals surface area contributed by atoms with Gasteiger partial charge in [0.2, 0.25) is 0 Å². The number of hydrogen-bond donors (Lipinski definition) is 1. The maximum Gasteiger partial charge on any atom is 0.266 e. The minimum Gasteiger partial charge on any atom is -0.352 e. The van der Waals surface area contributed by atoms with E-state index in [2.05, 4.69) is 12.2 Å². The van der Waals surface area contributed by atoms with Gasteiger partial charge in [-0.1, -0.05) is 50.8 Å². The Kier molecular flexibility index (Phi) is 6.24. The first-order chi connectivity index (χ1) is 13.5. The first-order valence-electron chi connectivity index (χ1n) is 9.91. The maximum absolute atomic E-state index is 12.7. The van der Waals surface area contributed by atoms with Crippen molar-refractivity contribution in [2.45, 2.75) is 46.0 Å². The summed E-state index contributed by atoms with van der Waals surface area (Å²) in [6.45, 7) is 4.62. The lowest BCUT2D eigenvalue weighted by Gasteiger charge is -2.18. The molecule has 1 heterocycles. The Balaban J connectivity index is 1.73. The summed E-state index contributed by atoms with van der Waals surface area (Å²) in [7, 11) is 0. The summed E-state index contributed by atoms with van der Waals surface area (Å²) in [5.74, 6) is -0.886. The second kappa shape index (κ2) is 8.83. The lowest BCUT2D eigenvalue weighted by molar-refractivity contribution is 0.0919. The van der Waals surface area contributed by atoms with Gasteiger partial charge in [-0.15, -0.1) is 0 Å². The molecule has 1 aliphatic heterocycles. The number of fused-ring (bicyclic) bond motifs is 1. The highest BCUT2D eigenvalue weighted by molar-refractivity contribution is 6.34. The average molecular weight is 378 g/mol. The van der Waals surface area contributed by atoms with Crippen molar-refractivity contribution in [3.63, 3.8) is 0 Å². The third-order valence-electron chi connectivity index (χ3n) is 5.07. The molecule has 2 aromatic rings. The molecule has 28 heavy (non-hydrogen) atoms. The maximum atomic E-state index is 12.7. The molecule has 5 heteroatoms. The monoisotopic (exact) mass is 378 g/mol. The van der Waals surface area contributed by atoms with Gasteiger partial charge in [0.25, 0.3) is 17.7 Å². The summed E-state index contributed by atoms with van der Waals surface area (Å²) in [4.78, 5) is 39.1. The number of carbonyl (C=O) groups is 3. The van der Waals surface area contributed by atoms with Crippen LogP contribution in [-0.2, 0) is 0 Å². The summed E-state index contributed by atoms with van der Waals surface area (Å²) in [5.41, 5.74) is 2.47. The van der Waals surface area contributed by atoms with Crippen LogP contribution in [0.3, 0.4) is 0 Å². The molecule has 0 atom stereocenters. The number of rotatable bonds is 8. The second-order valence-electron chi connectivity index (χ2n) is 7.16. The van der Waals surface area contributed by atoms with E-state index in [-0.39, 0.29) is 17.7 Å². The Bertz CT molecular complexity index is 869. The largest absolute Gasteiger partial charge is 0.352 e. The number of hydrogen-bond acceptors (Lipinski definition) is 3. The first-order valence-corrected chi connectivity index (χ1v) is 9.91. The molecule has 5 nitrogen and oxygen atoms in total. The molecular formula is C23H26N2O3. The van der Waals surface area contributed by atoms with Crippen LogP contribution in [0.4, 0.5) is 5.69 Å². The van der Waals surface area contributed by atoms with Gasteiger partial charge in [-0.3, -0.25) is 14.4 Å². The molecule has 2 aromatic carbocycles. The van der Waals surface area contributed by atoms with E-state index in [0.29, 0.717) is 28.9 Å². The Hall–Kier alpha value is -2.95. The Labute approximate surface area is 165 Å². The minimum absolute atomic E-state index is 0.187. The normalized spacial score (nSPS) is 13.0. The molecule has 0 bridgehead atoms. The van der Waals surface area contributed by atoms with Crippen molar-refractivity contribution in [3.05, 3.63) is 64.7 Å². The quantitative estimate of drug-likeness (QED) is 0.543. The number of amides is 3. The van der Waals surface area contributed by atoms with E-state index in [1.807, 2.05) is 6.92 Å². The van der Waals surface area contributed by atoms with Gasteiger partial charge in [-0.05, 0) is 43.2 Å². The Morgan fingerprint density at radius 1 is 0.929 bits per heavy atom. The van der Waals surface area contributed by atoms with Gasteiger partial charge in [0.1, 0.15) is 0 Å². The van der Waals surface area contributed by atoms with E-state index in [0.717, 1.165) is 18.4 Å². The van der Waals surface area contributed by atoms with Gasteiger partial charge in [0.15, 0.2) is 0 Å². The summed E-state index contributed by atoms with van der Waals surface area (Å²) >= 11 is 0. The zero-order chi connectivity index (χ0) is 20.1. The Morgan fingerprint density at radius 3 is 2.21 bits per heavy atom. The van der Waals surface area contributed by atoms with Crippen LogP contribution in [0.5, 0.6) is 0 Å². The van der Waals surface area contributed by atoms with E-state index in [9.17, 15) is 14.4 Å². The lowest BCUT2D eigenvalue weighted by Crippen LogP contribution is -2.31. The lowest BCUT2D eigenvalue weighted by atomic mass is 10.1. The molecule has 0 fully saturated rings.